The summed E-state index contributed by atoms with van der Waals surface area (Å²) in [5, 5.41) is 2.66. The smallest absolute Gasteiger partial charge is 0.329 e. The van der Waals surface area contributed by atoms with E-state index in [-0.39, 0.29) is 6.85 Å². The Morgan fingerprint density at radius 2 is 0.909 bits per heavy atom. The predicted molar refractivity (Wildman–Crippen MR) is 187 cm³/mol. The van der Waals surface area contributed by atoms with Gasteiger partial charge in [0.1, 0.15) is 0 Å². The third-order valence-corrected chi connectivity index (χ3v) is 9.79. The molecule has 2 aliphatic heterocycles. The zero-order valence-electron chi connectivity index (χ0n) is 24.0. The van der Waals surface area contributed by atoms with Gasteiger partial charge in [0, 0.05) is 32.9 Å². The summed E-state index contributed by atoms with van der Waals surface area (Å²) < 4.78 is 2.64. The van der Waals surface area contributed by atoms with Crippen molar-refractivity contribution in [3.8, 4) is 55.6 Å². The van der Waals surface area contributed by atoms with Crippen molar-refractivity contribution in [1.29, 1.82) is 0 Å². The van der Waals surface area contributed by atoms with Crippen LogP contribution in [0.25, 0.3) is 77.4 Å². The van der Waals surface area contributed by atoms with Crippen LogP contribution in [-0.2, 0) is 0 Å². The summed E-state index contributed by atoms with van der Waals surface area (Å²) in [5.41, 5.74) is 18.2. The Kier molecular flexibility index (Phi) is 4.87. The van der Waals surface area contributed by atoms with E-state index in [2.05, 4.69) is 162 Å². The highest BCUT2D eigenvalue weighted by atomic mass is 14.9. The van der Waals surface area contributed by atoms with Crippen molar-refractivity contribution in [3.63, 3.8) is 0 Å². The molecule has 8 aromatic rings. The van der Waals surface area contributed by atoms with Gasteiger partial charge in [-0.25, -0.2) is 0 Å². The lowest BCUT2D eigenvalue weighted by Crippen LogP contribution is -2.53. The summed E-state index contributed by atoms with van der Waals surface area (Å²) in [4.78, 5) is 0. The first kappa shape index (κ1) is 23.9. The Labute approximate surface area is 256 Å². The zero-order valence-corrected chi connectivity index (χ0v) is 24.0. The van der Waals surface area contributed by atoms with E-state index >= 15 is 0 Å². The van der Waals surface area contributed by atoms with Crippen molar-refractivity contribution in [1.82, 2.24) is 4.48 Å². The van der Waals surface area contributed by atoms with Crippen LogP contribution in [0.5, 0.6) is 0 Å². The lowest BCUT2D eigenvalue weighted by molar-refractivity contribution is 1.31. The standard InChI is InChI=1S/C42H26BN/c1-3-12-27(13-4-1)29-22-23-31(36(24-29)28-14-5-2-6-15-28)30-25-37-33-17-8-10-21-40(33)43-39-20-9-7-16-32(39)34-18-11-19-35-38(26-30)42(37)44(43)41(34)35/h1-26H. The minimum Gasteiger partial charge on any atom is -0.375 e. The first-order chi connectivity index (χ1) is 21.8. The molecule has 2 heteroatoms. The molecule has 0 unspecified atom stereocenters. The van der Waals surface area contributed by atoms with Gasteiger partial charge in [0.15, 0.2) is 0 Å². The van der Waals surface area contributed by atoms with Crippen LogP contribution in [0.3, 0.4) is 0 Å². The summed E-state index contributed by atoms with van der Waals surface area (Å²) in [6.07, 6.45) is 0. The van der Waals surface area contributed by atoms with E-state index < -0.39 is 0 Å². The summed E-state index contributed by atoms with van der Waals surface area (Å²) in [6.45, 7) is 0.167. The number of fused-ring (bicyclic) bond motifs is 7. The molecular weight excluding hydrogens is 529 g/mol. The average molecular weight is 555 g/mol. The molecule has 1 aromatic heterocycles. The lowest BCUT2D eigenvalue weighted by atomic mass is 9.45. The SMILES string of the molecule is c1ccc(-c2ccc(-c3cc4c5c(c3)c3cccc6c3n5B(c3ccccc3-6)c3ccccc3-4)c(-c3ccccc3)c2)cc1. The van der Waals surface area contributed by atoms with Crippen LogP contribution in [-0.4, -0.2) is 11.3 Å². The van der Waals surface area contributed by atoms with Crippen molar-refractivity contribution in [3.05, 3.63) is 158 Å². The molecule has 0 radical (unpaired) electrons. The largest absolute Gasteiger partial charge is 0.375 e. The molecule has 0 atom stereocenters. The van der Waals surface area contributed by atoms with Gasteiger partial charge in [-0.1, -0.05) is 140 Å². The van der Waals surface area contributed by atoms with Gasteiger partial charge in [0.25, 0.3) is 0 Å². The highest BCUT2D eigenvalue weighted by molar-refractivity contribution is 6.88. The quantitative estimate of drug-likeness (QED) is 0.192. The van der Waals surface area contributed by atoms with Crippen molar-refractivity contribution in [2.45, 2.75) is 0 Å². The number of aromatic nitrogens is 1. The third kappa shape index (κ3) is 3.20. The molecule has 0 bridgehead atoms. The number of benzene rings is 7. The minimum absolute atomic E-state index is 0.167. The van der Waals surface area contributed by atoms with Gasteiger partial charge in [0.05, 0.1) is 0 Å². The Bertz CT molecular complexity index is 2440. The molecule has 0 fully saturated rings. The maximum atomic E-state index is 2.64. The van der Waals surface area contributed by atoms with E-state index in [9.17, 15) is 0 Å². The molecule has 0 N–H and O–H groups in total. The summed E-state index contributed by atoms with van der Waals surface area (Å²) in [5.74, 6) is 0. The van der Waals surface area contributed by atoms with E-state index in [1.807, 2.05) is 0 Å². The molecule has 1 nitrogen and oxygen atoms in total. The van der Waals surface area contributed by atoms with Crippen LogP contribution in [0.1, 0.15) is 0 Å². The summed E-state index contributed by atoms with van der Waals surface area (Å²) >= 11 is 0. The number of rotatable bonds is 3. The third-order valence-electron chi connectivity index (χ3n) is 9.79. The molecule has 10 rings (SSSR count). The topological polar surface area (TPSA) is 4.93 Å². The van der Waals surface area contributed by atoms with Crippen molar-refractivity contribution in [2.75, 3.05) is 0 Å². The number of hydrogen-bond acceptors (Lipinski definition) is 0. The van der Waals surface area contributed by atoms with Gasteiger partial charge in [-0.2, -0.15) is 0 Å². The van der Waals surface area contributed by atoms with Gasteiger partial charge >= 0.3 is 6.85 Å². The van der Waals surface area contributed by atoms with E-state index in [1.165, 1.54) is 88.4 Å². The fraction of sp³-hybridized carbons (Fsp3) is 0. The fourth-order valence-electron chi connectivity index (χ4n) is 7.94. The van der Waals surface area contributed by atoms with Gasteiger partial charge in [-0.15, -0.1) is 0 Å². The summed E-state index contributed by atoms with van der Waals surface area (Å²) in [7, 11) is 0. The lowest BCUT2D eigenvalue weighted by Gasteiger charge is -2.32. The number of hydrogen-bond donors (Lipinski definition) is 0. The highest BCUT2D eigenvalue weighted by Crippen LogP contribution is 2.47. The molecule has 0 amide bonds. The normalized spacial score (nSPS) is 12.5. The van der Waals surface area contributed by atoms with E-state index in [4.69, 9.17) is 0 Å². The van der Waals surface area contributed by atoms with Gasteiger partial charge in [-0.3, -0.25) is 0 Å². The second-order valence-corrected chi connectivity index (χ2v) is 12.1. The van der Waals surface area contributed by atoms with E-state index in [1.54, 1.807) is 0 Å². The second-order valence-electron chi connectivity index (χ2n) is 12.1. The Morgan fingerprint density at radius 1 is 0.318 bits per heavy atom. The van der Waals surface area contributed by atoms with Crippen LogP contribution < -0.4 is 10.9 Å². The molecule has 7 aromatic carbocycles. The molecule has 3 heterocycles. The second kappa shape index (κ2) is 8.95. The summed E-state index contributed by atoms with van der Waals surface area (Å²) in [6, 6.07) is 58.3. The predicted octanol–water partition coefficient (Wildman–Crippen LogP) is 9.41. The fourth-order valence-corrected chi connectivity index (χ4v) is 7.94. The molecule has 0 spiro atoms. The Morgan fingerprint density at radius 3 is 1.66 bits per heavy atom. The van der Waals surface area contributed by atoms with Crippen LogP contribution in [0.15, 0.2) is 158 Å². The van der Waals surface area contributed by atoms with Crippen LogP contribution in [0.4, 0.5) is 0 Å². The Hall–Kier alpha value is -5.60. The van der Waals surface area contributed by atoms with Gasteiger partial charge < -0.3 is 4.48 Å². The van der Waals surface area contributed by atoms with Crippen molar-refractivity contribution >= 4 is 39.6 Å². The minimum atomic E-state index is 0.167. The molecule has 2 aliphatic rings. The molecular formula is C42H26BN. The van der Waals surface area contributed by atoms with Gasteiger partial charge in [0.2, 0.25) is 0 Å². The van der Waals surface area contributed by atoms with Gasteiger partial charge in [-0.05, 0) is 73.6 Å². The van der Waals surface area contributed by atoms with Crippen LogP contribution in [0.2, 0.25) is 0 Å². The van der Waals surface area contributed by atoms with E-state index in [0.717, 1.165) is 0 Å². The maximum absolute atomic E-state index is 2.64. The maximum Gasteiger partial charge on any atom is 0.329 e. The first-order valence-corrected chi connectivity index (χ1v) is 15.4. The Balaban J connectivity index is 1.32. The van der Waals surface area contributed by atoms with Crippen LogP contribution in [0, 0.1) is 0 Å². The van der Waals surface area contributed by atoms with E-state index in [0.29, 0.717) is 0 Å². The molecule has 0 aliphatic carbocycles. The van der Waals surface area contributed by atoms with Crippen molar-refractivity contribution in [2.24, 2.45) is 0 Å². The average Bonchev–Trinajstić information content (AvgIpc) is 3.44. The molecule has 202 valence electrons. The zero-order chi connectivity index (χ0) is 28.8. The molecule has 44 heavy (non-hydrogen) atoms. The van der Waals surface area contributed by atoms with Crippen LogP contribution >= 0.6 is 0 Å². The van der Waals surface area contributed by atoms with Crippen molar-refractivity contribution < 1.29 is 0 Å². The molecule has 0 saturated carbocycles. The molecule has 0 saturated heterocycles. The first-order valence-electron chi connectivity index (χ1n) is 15.4. The monoisotopic (exact) mass is 555 g/mol. The number of nitrogens with zero attached hydrogens (tertiary/aromatic N) is 1. The highest BCUT2D eigenvalue weighted by Gasteiger charge is 2.39. The number of para-hydroxylation sites is 1.